The molecular weight excluding hydrogens is 283 g/mol. The van der Waals surface area contributed by atoms with Crippen molar-refractivity contribution in [3.63, 3.8) is 0 Å². The molecular formula is C17H23FN2S. The number of halogens is 1. The molecule has 2 aliphatic rings. The maximum Gasteiger partial charge on any atom is 0.157 e. The Morgan fingerprint density at radius 3 is 2.76 bits per heavy atom. The monoisotopic (exact) mass is 306 g/mol. The summed E-state index contributed by atoms with van der Waals surface area (Å²) in [5, 5.41) is 4.62. The predicted molar refractivity (Wildman–Crippen MR) is 88.2 cm³/mol. The fraction of sp³-hybridized carbons (Fsp3) is 0.588. The van der Waals surface area contributed by atoms with Gasteiger partial charge in [0.05, 0.1) is 6.04 Å². The lowest BCUT2D eigenvalue weighted by Gasteiger charge is -2.35. The van der Waals surface area contributed by atoms with Crippen LogP contribution in [-0.4, -0.2) is 16.5 Å². The van der Waals surface area contributed by atoms with E-state index in [1.54, 1.807) is 17.8 Å². The number of hydrogen-bond acceptors (Lipinski definition) is 2. The van der Waals surface area contributed by atoms with Crippen LogP contribution < -0.4 is 5.32 Å². The molecule has 1 aliphatic heterocycles. The summed E-state index contributed by atoms with van der Waals surface area (Å²) in [5.41, 5.74) is 0.913. The summed E-state index contributed by atoms with van der Waals surface area (Å²) < 4.78 is 13.8. The molecule has 1 aliphatic carbocycles. The first-order chi connectivity index (χ1) is 10.1. The molecule has 21 heavy (non-hydrogen) atoms. The van der Waals surface area contributed by atoms with Crippen LogP contribution >= 0.6 is 11.8 Å². The number of amidine groups is 1. The van der Waals surface area contributed by atoms with Crippen LogP contribution in [0.25, 0.3) is 0 Å². The van der Waals surface area contributed by atoms with Gasteiger partial charge in [-0.3, -0.25) is 4.99 Å². The van der Waals surface area contributed by atoms with Crippen molar-refractivity contribution in [1.29, 1.82) is 0 Å². The van der Waals surface area contributed by atoms with Crippen molar-refractivity contribution in [3.8, 4) is 0 Å². The molecule has 3 rings (SSSR count). The quantitative estimate of drug-likeness (QED) is 0.868. The highest BCUT2D eigenvalue weighted by Gasteiger charge is 2.39. The van der Waals surface area contributed by atoms with Crippen LogP contribution in [0.1, 0.15) is 51.1 Å². The van der Waals surface area contributed by atoms with E-state index in [1.165, 1.54) is 31.7 Å². The van der Waals surface area contributed by atoms with Crippen molar-refractivity contribution in [2.45, 2.75) is 51.1 Å². The van der Waals surface area contributed by atoms with E-state index in [1.807, 2.05) is 19.1 Å². The summed E-state index contributed by atoms with van der Waals surface area (Å²) >= 11 is 1.79. The number of nitrogens with one attached hydrogen (secondary N) is 1. The van der Waals surface area contributed by atoms with Gasteiger partial charge in [0.25, 0.3) is 0 Å². The standard InChI is InChI=1S/C17H23FN2S/c1-12-7-9-17(10-8-12)11-21-16(20-17)19-13(2)14-5-3-4-6-15(14)18/h3-6,12-13H,7-11H2,1-2H3,(H,19,20). The molecule has 1 atom stereocenters. The Morgan fingerprint density at radius 2 is 2.05 bits per heavy atom. The molecule has 1 saturated carbocycles. The minimum atomic E-state index is -0.168. The van der Waals surface area contributed by atoms with E-state index in [2.05, 4.69) is 12.2 Å². The Kier molecular flexibility index (Phi) is 4.25. The van der Waals surface area contributed by atoms with E-state index in [9.17, 15) is 4.39 Å². The van der Waals surface area contributed by atoms with Crippen LogP contribution in [0.3, 0.4) is 0 Å². The zero-order chi connectivity index (χ0) is 14.9. The van der Waals surface area contributed by atoms with Crippen molar-refractivity contribution in [2.75, 3.05) is 5.75 Å². The molecule has 114 valence electrons. The number of thioether (sulfide) groups is 1. The molecule has 1 spiro atoms. The molecule has 1 unspecified atom stereocenters. The van der Waals surface area contributed by atoms with Gasteiger partial charge >= 0.3 is 0 Å². The summed E-state index contributed by atoms with van der Waals surface area (Å²) in [6, 6.07) is 6.78. The zero-order valence-corrected chi connectivity index (χ0v) is 13.5. The molecule has 1 N–H and O–H groups in total. The van der Waals surface area contributed by atoms with Gasteiger partial charge in [-0.25, -0.2) is 4.39 Å². The van der Waals surface area contributed by atoms with Crippen molar-refractivity contribution in [3.05, 3.63) is 35.6 Å². The highest BCUT2D eigenvalue weighted by Crippen LogP contribution is 2.38. The minimum Gasteiger partial charge on any atom is -0.359 e. The van der Waals surface area contributed by atoms with Gasteiger partial charge in [-0.05, 0) is 44.6 Å². The maximum atomic E-state index is 13.8. The zero-order valence-electron chi connectivity index (χ0n) is 12.7. The molecule has 1 heterocycles. The SMILES string of the molecule is CC1CCC2(CC1)CSC(=NC(C)c1ccccc1F)N2. The maximum absolute atomic E-state index is 13.8. The van der Waals surface area contributed by atoms with Crippen LogP contribution in [0.4, 0.5) is 4.39 Å². The molecule has 2 nitrogen and oxygen atoms in total. The van der Waals surface area contributed by atoms with E-state index in [0.717, 1.165) is 16.8 Å². The predicted octanol–water partition coefficient (Wildman–Crippen LogP) is 4.53. The fourth-order valence-corrected chi connectivity index (χ4v) is 4.51. The summed E-state index contributed by atoms with van der Waals surface area (Å²) in [6.45, 7) is 4.30. The third kappa shape index (κ3) is 3.25. The van der Waals surface area contributed by atoms with Crippen molar-refractivity contribution in [2.24, 2.45) is 10.9 Å². The molecule has 0 aromatic heterocycles. The van der Waals surface area contributed by atoms with Gasteiger partial charge in [-0.1, -0.05) is 36.9 Å². The molecule has 0 radical (unpaired) electrons. The Balaban J connectivity index is 1.70. The van der Waals surface area contributed by atoms with Crippen LogP contribution in [0.5, 0.6) is 0 Å². The largest absolute Gasteiger partial charge is 0.359 e. The summed E-state index contributed by atoms with van der Waals surface area (Å²) in [7, 11) is 0. The summed E-state index contributed by atoms with van der Waals surface area (Å²) in [4.78, 5) is 4.70. The lowest BCUT2D eigenvalue weighted by molar-refractivity contribution is 0.250. The second kappa shape index (κ2) is 5.99. The molecule has 1 aromatic carbocycles. The number of nitrogens with zero attached hydrogens (tertiary/aromatic N) is 1. The Hall–Kier alpha value is -1.03. The number of rotatable bonds is 2. The number of benzene rings is 1. The molecule has 4 heteroatoms. The summed E-state index contributed by atoms with van der Waals surface area (Å²) in [5.74, 6) is 1.78. The molecule has 0 amide bonds. The molecule has 0 bridgehead atoms. The Morgan fingerprint density at radius 1 is 1.33 bits per heavy atom. The highest BCUT2D eigenvalue weighted by atomic mass is 32.2. The smallest absolute Gasteiger partial charge is 0.157 e. The summed E-state index contributed by atoms with van der Waals surface area (Å²) in [6.07, 6.45) is 5.05. The van der Waals surface area contributed by atoms with E-state index in [4.69, 9.17) is 4.99 Å². The first-order valence-electron chi connectivity index (χ1n) is 7.81. The molecule has 2 fully saturated rings. The molecule has 1 saturated heterocycles. The third-order valence-electron chi connectivity index (χ3n) is 4.75. The van der Waals surface area contributed by atoms with Gasteiger partial charge in [0.1, 0.15) is 5.82 Å². The second-order valence-corrected chi connectivity index (χ2v) is 7.47. The van der Waals surface area contributed by atoms with Crippen molar-refractivity contribution in [1.82, 2.24) is 5.32 Å². The van der Waals surface area contributed by atoms with E-state index in [0.29, 0.717) is 5.56 Å². The van der Waals surface area contributed by atoms with E-state index >= 15 is 0 Å². The lowest BCUT2D eigenvalue weighted by atomic mass is 9.78. The topological polar surface area (TPSA) is 24.4 Å². The van der Waals surface area contributed by atoms with E-state index < -0.39 is 0 Å². The van der Waals surface area contributed by atoms with Gasteiger partial charge in [-0.2, -0.15) is 0 Å². The van der Waals surface area contributed by atoms with Crippen molar-refractivity contribution >= 4 is 16.9 Å². The Labute approximate surface area is 130 Å². The van der Waals surface area contributed by atoms with Crippen LogP contribution in [0, 0.1) is 11.7 Å². The first kappa shape index (κ1) is 14.9. The molecule has 1 aromatic rings. The van der Waals surface area contributed by atoms with Gasteiger partial charge in [0.2, 0.25) is 0 Å². The van der Waals surface area contributed by atoms with Gasteiger partial charge < -0.3 is 5.32 Å². The Bertz CT molecular complexity index is 535. The number of aliphatic imine (C=N–C) groups is 1. The minimum absolute atomic E-state index is 0.140. The highest BCUT2D eigenvalue weighted by molar-refractivity contribution is 8.14. The second-order valence-electron chi connectivity index (χ2n) is 6.51. The first-order valence-corrected chi connectivity index (χ1v) is 8.80. The van der Waals surface area contributed by atoms with Gasteiger partial charge in [0, 0.05) is 16.9 Å². The van der Waals surface area contributed by atoms with Crippen LogP contribution in [0.15, 0.2) is 29.3 Å². The number of hydrogen-bond donors (Lipinski definition) is 1. The van der Waals surface area contributed by atoms with Crippen LogP contribution in [0.2, 0.25) is 0 Å². The van der Waals surface area contributed by atoms with E-state index in [-0.39, 0.29) is 17.4 Å². The normalized spacial score (nSPS) is 32.3. The fourth-order valence-electron chi connectivity index (χ4n) is 3.22. The van der Waals surface area contributed by atoms with Crippen LogP contribution in [-0.2, 0) is 0 Å². The van der Waals surface area contributed by atoms with Gasteiger partial charge in [-0.15, -0.1) is 0 Å². The van der Waals surface area contributed by atoms with Crippen molar-refractivity contribution < 1.29 is 4.39 Å². The third-order valence-corrected chi connectivity index (χ3v) is 5.93. The average molecular weight is 306 g/mol. The lowest BCUT2D eigenvalue weighted by Crippen LogP contribution is -2.46. The van der Waals surface area contributed by atoms with Gasteiger partial charge in [0.15, 0.2) is 5.17 Å². The average Bonchev–Trinajstić information content (AvgIpc) is 2.86.